The van der Waals surface area contributed by atoms with E-state index in [-0.39, 0.29) is 23.3 Å². The van der Waals surface area contributed by atoms with Gasteiger partial charge in [0.05, 0.1) is 6.10 Å². The van der Waals surface area contributed by atoms with Crippen molar-refractivity contribution in [3.05, 3.63) is 23.5 Å². The Morgan fingerprint density at radius 2 is 1.82 bits per heavy atom. The molecule has 0 saturated carbocycles. The largest absolute Gasteiger partial charge is 0.534 e. The number of allylic oxidation sites excluding steroid dienone is 1. The van der Waals surface area contributed by atoms with Gasteiger partial charge in [-0.3, -0.25) is 0 Å². The highest BCUT2D eigenvalue weighted by Gasteiger charge is 2.51. The zero-order chi connectivity index (χ0) is 21.5. The van der Waals surface area contributed by atoms with Crippen LogP contribution in [0, 0.1) is 0 Å². The fraction of sp³-hybridized carbons (Fsp3) is 0.778. The average Bonchev–Trinajstić information content (AvgIpc) is 2.87. The Hall–Kier alpha value is -0.843. The van der Waals surface area contributed by atoms with Crippen LogP contribution in [-0.2, 0) is 23.5 Å². The monoisotopic (exact) mass is 442 g/mol. The lowest BCUT2D eigenvalue weighted by molar-refractivity contribution is -0.0549. The lowest BCUT2D eigenvalue weighted by Gasteiger charge is -2.40. The highest BCUT2D eigenvalue weighted by molar-refractivity contribution is 7.87. The van der Waals surface area contributed by atoms with Gasteiger partial charge in [0.25, 0.3) is 0 Å². The van der Waals surface area contributed by atoms with Crippen LogP contribution >= 0.6 is 0 Å². The molecule has 0 spiro atoms. The van der Waals surface area contributed by atoms with E-state index < -0.39 is 36.2 Å². The Morgan fingerprint density at radius 3 is 2.36 bits per heavy atom. The first-order valence-electron chi connectivity index (χ1n) is 9.25. The predicted octanol–water partition coefficient (Wildman–Crippen LogP) is 5.02. The van der Waals surface area contributed by atoms with E-state index >= 15 is 0 Å². The van der Waals surface area contributed by atoms with Gasteiger partial charge >= 0.3 is 15.6 Å². The summed E-state index contributed by atoms with van der Waals surface area (Å²) in [5, 5.41) is -0.0577. The first-order valence-corrected chi connectivity index (χ1v) is 13.6. The van der Waals surface area contributed by atoms with Gasteiger partial charge in [-0.2, -0.15) is 21.6 Å². The smallest absolute Gasteiger partial charge is 0.411 e. The minimum atomic E-state index is -5.75. The number of fused-ring (bicyclic) bond motifs is 2. The fourth-order valence-corrected chi connectivity index (χ4v) is 4.75. The molecule has 0 amide bonds. The quantitative estimate of drug-likeness (QED) is 0.265. The van der Waals surface area contributed by atoms with Crippen molar-refractivity contribution in [3.63, 3.8) is 0 Å². The number of hydrogen-bond donors (Lipinski definition) is 0. The van der Waals surface area contributed by atoms with E-state index in [2.05, 4.69) is 38.0 Å². The second-order valence-corrected chi connectivity index (χ2v) is 15.2. The van der Waals surface area contributed by atoms with E-state index in [0.717, 1.165) is 12.0 Å². The average molecular weight is 443 g/mol. The van der Waals surface area contributed by atoms with Crippen molar-refractivity contribution in [2.75, 3.05) is 0 Å². The Bertz CT molecular complexity index is 750. The third kappa shape index (κ3) is 5.20. The van der Waals surface area contributed by atoms with Gasteiger partial charge in [-0.15, -0.1) is 0 Å². The molecule has 162 valence electrons. The van der Waals surface area contributed by atoms with Gasteiger partial charge in [-0.05, 0) is 44.0 Å². The maximum absolute atomic E-state index is 12.8. The molecule has 2 bridgehead atoms. The topological polar surface area (TPSA) is 61.8 Å². The molecule has 2 aliphatic rings. The third-order valence-corrected chi connectivity index (χ3v) is 11.0. The van der Waals surface area contributed by atoms with E-state index in [1.54, 1.807) is 0 Å². The lowest BCUT2D eigenvalue weighted by atomic mass is 10.0. The Kier molecular flexibility index (Phi) is 6.50. The van der Waals surface area contributed by atoms with Crippen LogP contribution in [0.15, 0.2) is 23.5 Å². The molecule has 0 fully saturated rings. The van der Waals surface area contributed by atoms with Crippen molar-refractivity contribution in [2.45, 2.75) is 88.9 Å². The Morgan fingerprint density at radius 1 is 1.21 bits per heavy atom. The van der Waals surface area contributed by atoms with Crippen molar-refractivity contribution in [1.82, 2.24) is 0 Å². The van der Waals surface area contributed by atoms with E-state index in [9.17, 15) is 21.6 Å². The minimum absolute atomic E-state index is 0.0577. The highest BCUT2D eigenvalue weighted by atomic mass is 32.2. The summed E-state index contributed by atoms with van der Waals surface area (Å²) in [7, 11) is -7.92. The molecular weight excluding hydrogens is 413 g/mol. The highest BCUT2D eigenvalue weighted by Crippen LogP contribution is 2.41. The van der Waals surface area contributed by atoms with Gasteiger partial charge in [0.2, 0.25) is 0 Å². The molecule has 0 aromatic carbocycles. The lowest BCUT2D eigenvalue weighted by Crippen LogP contribution is -2.47. The van der Waals surface area contributed by atoms with Crippen LogP contribution in [0.4, 0.5) is 13.2 Å². The van der Waals surface area contributed by atoms with E-state index in [1.807, 2.05) is 13.0 Å². The summed E-state index contributed by atoms with van der Waals surface area (Å²) in [6.45, 7) is 12.3. The van der Waals surface area contributed by atoms with Crippen LogP contribution in [0.1, 0.15) is 47.0 Å². The number of hydrogen-bond acceptors (Lipinski definition) is 5. The molecule has 5 nitrogen and oxygen atoms in total. The molecule has 3 atom stereocenters. The second kappa shape index (κ2) is 7.77. The van der Waals surface area contributed by atoms with Crippen molar-refractivity contribution < 1.29 is 34.9 Å². The molecule has 10 heteroatoms. The predicted molar refractivity (Wildman–Crippen MR) is 102 cm³/mol. The van der Waals surface area contributed by atoms with Crippen molar-refractivity contribution in [2.24, 2.45) is 0 Å². The molecule has 0 saturated heterocycles. The second-order valence-electron chi connectivity index (χ2n) is 8.89. The van der Waals surface area contributed by atoms with Gasteiger partial charge in [0.1, 0.15) is 18.0 Å². The summed E-state index contributed by atoms with van der Waals surface area (Å²) < 4.78 is 78.0. The van der Waals surface area contributed by atoms with Gasteiger partial charge in [-0.25, -0.2) is 0 Å². The summed E-state index contributed by atoms with van der Waals surface area (Å²) in [6, 6.07) is 0. The number of halogens is 3. The molecule has 0 aliphatic carbocycles. The van der Waals surface area contributed by atoms with Gasteiger partial charge in [0.15, 0.2) is 8.32 Å². The molecule has 0 N–H and O–H groups in total. The van der Waals surface area contributed by atoms with Crippen LogP contribution in [-0.4, -0.2) is 40.6 Å². The summed E-state index contributed by atoms with van der Waals surface area (Å²) >= 11 is 0. The summed E-state index contributed by atoms with van der Waals surface area (Å²) in [6.07, 6.45) is 3.04. The third-order valence-electron chi connectivity index (χ3n) is 5.53. The van der Waals surface area contributed by atoms with Crippen molar-refractivity contribution in [1.29, 1.82) is 0 Å². The first-order chi connectivity index (χ1) is 12.5. The molecule has 2 aliphatic heterocycles. The number of ether oxygens (including phenoxy) is 1. The molecule has 0 radical (unpaired) electrons. The fourth-order valence-electron chi connectivity index (χ4n) is 2.88. The van der Waals surface area contributed by atoms with E-state index in [1.165, 1.54) is 6.08 Å². The molecule has 0 unspecified atom stereocenters. The Labute approximate surface area is 166 Å². The molecular formula is C18H29F3O5SSi. The summed E-state index contributed by atoms with van der Waals surface area (Å²) in [5.74, 6) is -0.319. The zero-order valence-corrected chi connectivity index (χ0v) is 18.9. The van der Waals surface area contributed by atoms with Crippen LogP contribution in [0.5, 0.6) is 0 Å². The maximum Gasteiger partial charge on any atom is 0.534 e. The normalized spacial score (nSPS) is 29.2. The first kappa shape index (κ1) is 23.4. The van der Waals surface area contributed by atoms with Gasteiger partial charge < -0.3 is 13.3 Å². The summed E-state index contributed by atoms with van der Waals surface area (Å²) in [4.78, 5) is 0. The molecule has 0 aromatic rings. The molecule has 0 aromatic heterocycles. The summed E-state index contributed by atoms with van der Waals surface area (Å²) in [5.41, 5.74) is -4.59. The van der Waals surface area contributed by atoms with Gasteiger partial charge in [-0.1, -0.05) is 32.4 Å². The van der Waals surface area contributed by atoms with Crippen molar-refractivity contribution >= 4 is 18.4 Å². The number of rotatable bonds is 4. The number of alkyl halides is 3. The van der Waals surface area contributed by atoms with Crippen LogP contribution in [0.2, 0.25) is 18.1 Å². The standard InChI is InChI=1S/C18H29F3O5SSi/c1-12-8-7-9-13(26-28(5,6)17(2,3)4)15-11-16(14(10-12)24-15)25-27(22,23)18(19,20)21/h8,11,13-15H,7,9-10H2,1-6H3/b12-8-/t13-,14-,15-/m0/s1. The van der Waals surface area contributed by atoms with Crippen molar-refractivity contribution in [3.8, 4) is 0 Å². The van der Waals surface area contributed by atoms with Crippen LogP contribution in [0.3, 0.4) is 0 Å². The SMILES string of the molecule is C/C1=C/CC[C@H](O[Si](C)(C)C(C)(C)C)[C@@H]2C=C(OS(=O)(=O)C(F)(F)F)[C@H](C1)O2. The van der Waals surface area contributed by atoms with Crippen LogP contribution in [0.25, 0.3) is 0 Å². The van der Waals surface area contributed by atoms with E-state index in [4.69, 9.17) is 9.16 Å². The van der Waals surface area contributed by atoms with E-state index in [0.29, 0.717) is 6.42 Å². The zero-order valence-electron chi connectivity index (χ0n) is 17.1. The molecule has 2 heterocycles. The van der Waals surface area contributed by atoms with Crippen LogP contribution < -0.4 is 0 Å². The van der Waals surface area contributed by atoms with Gasteiger partial charge in [0, 0.05) is 6.42 Å². The minimum Gasteiger partial charge on any atom is -0.411 e. The Balaban J connectivity index is 2.34. The molecule has 28 heavy (non-hydrogen) atoms. The maximum atomic E-state index is 12.8. The molecule has 2 rings (SSSR count).